The number of hydrazine groups is 3. The smallest absolute Gasteiger partial charge is 0.355 e. The number of nitrogens with zero attached hydrogens (tertiary/aromatic N) is 2. The number of nitrogens with one attached hydrogen (secondary N) is 2. The molecule has 3 N–H and O–H groups in total. The van der Waals surface area contributed by atoms with E-state index in [0.717, 1.165) is 6.07 Å². The predicted octanol–water partition coefficient (Wildman–Crippen LogP) is 3.36. The number of carbonyl (C=O) groups excluding carboxylic acids is 1. The molecule has 0 spiro atoms. The van der Waals surface area contributed by atoms with Crippen molar-refractivity contribution in [1.29, 1.82) is 0 Å². The third-order valence-electron chi connectivity index (χ3n) is 3.74. The fraction of sp³-hybridized carbons (Fsp3) is 0.188. The maximum absolute atomic E-state index is 13.1. The molecule has 10 heteroatoms. The van der Waals surface area contributed by atoms with Crippen molar-refractivity contribution in [3.05, 3.63) is 52.5 Å². The number of amides is 2. The Bertz CT molecular complexity index is 837. The minimum absolute atomic E-state index is 0.0837. The van der Waals surface area contributed by atoms with Gasteiger partial charge in [0.2, 0.25) is 0 Å². The number of aromatic hydroxyl groups is 1. The summed E-state index contributed by atoms with van der Waals surface area (Å²) in [4.78, 5) is 12.1. The van der Waals surface area contributed by atoms with Gasteiger partial charge in [-0.15, -0.1) is 11.1 Å². The minimum atomic E-state index is -2.82. The highest BCUT2D eigenvalue weighted by molar-refractivity contribution is 6.31. The molecule has 1 aliphatic rings. The fourth-order valence-corrected chi connectivity index (χ4v) is 2.65. The van der Waals surface area contributed by atoms with E-state index in [2.05, 4.69) is 11.1 Å². The molecule has 0 radical (unpaired) electrons. The second-order valence-electron chi connectivity index (χ2n) is 5.45. The van der Waals surface area contributed by atoms with Gasteiger partial charge in [0.15, 0.2) is 0 Å². The first-order valence-corrected chi connectivity index (χ1v) is 7.86. The van der Waals surface area contributed by atoms with Crippen LogP contribution < -0.4 is 20.8 Å². The summed E-state index contributed by atoms with van der Waals surface area (Å²) >= 11 is 6.22. The van der Waals surface area contributed by atoms with E-state index in [4.69, 9.17) is 16.3 Å². The molecule has 26 heavy (non-hydrogen) atoms. The van der Waals surface area contributed by atoms with Gasteiger partial charge in [0.05, 0.1) is 11.3 Å². The van der Waals surface area contributed by atoms with Gasteiger partial charge in [0, 0.05) is 17.6 Å². The molecular formula is C16H15ClF2N4O3. The lowest BCUT2D eigenvalue weighted by Crippen LogP contribution is -2.38. The summed E-state index contributed by atoms with van der Waals surface area (Å²) in [5.41, 5.74) is 5.69. The monoisotopic (exact) mass is 384 g/mol. The second-order valence-corrected chi connectivity index (χ2v) is 5.86. The summed E-state index contributed by atoms with van der Waals surface area (Å²) in [6, 6.07) is 7.96. The Labute approximate surface area is 152 Å². The van der Waals surface area contributed by atoms with Crippen molar-refractivity contribution in [2.24, 2.45) is 0 Å². The Balaban J connectivity index is 1.89. The zero-order chi connectivity index (χ0) is 18.8. The number of benzene rings is 2. The van der Waals surface area contributed by atoms with Crippen LogP contribution in [0.5, 0.6) is 11.5 Å². The Morgan fingerprint density at radius 3 is 2.69 bits per heavy atom. The number of ether oxygens (including phenoxy) is 1. The average molecular weight is 385 g/mol. The zero-order valence-electron chi connectivity index (χ0n) is 13.5. The number of hydrogen-bond donors (Lipinski definition) is 3. The first-order valence-electron chi connectivity index (χ1n) is 7.49. The Kier molecular flexibility index (Phi) is 5.12. The maximum atomic E-state index is 13.1. The standard InChI is InChI=1S/C16H15ClF2N4O3/c1-22-16(25)23(21-20-22)13-4-2-3-12(17)11(13)8-26-14-6-5-9(24)7-10(14)15(18)19/h2-7,15,20-21,24H,8H2,1H3. The van der Waals surface area contributed by atoms with Crippen molar-refractivity contribution in [2.75, 3.05) is 12.1 Å². The van der Waals surface area contributed by atoms with Crippen LogP contribution in [0.3, 0.4) is 0 Å². The number of urea groups is 1. The summed E-state index contributed by atoms with van der Waals surface area (Å²) in [6.07, 6.45) is -2.82. The highest BCUT2D eigenvalue weighted by atomic mass is 35.5. The summed E-state index contributed by atoms with van der Waals surface area (Å²) in [6.45, 7) is -0.158. The summed E-state index contributed by atoms with van der Waals surface area (Å²) in [7, 11) is 1.53. The van der Waals surface area contributed by atoms with Crippen molar-refractivity contribution >= 4 is 23.3 Å². The van der Waals surface area contributed by atoms with Crippen LogP contribution in [-0.2, 0) is 6.61 Å². The summed E-state index contributed by atoms with van der Waals surface area (Å²) in [5.74, 6) is -0.369. The second kappa shape index (κ2) is 7.32. The van der Waals surface area contributed by atoms with Crippen LogP contribution in [0, 0.1) is 0 Å². The number of phenols is 1. The predicted molar refractivity (Wildman–Crippen MR) is 90.8 cm³/mol. The van der Waals surface area contributed by atoms with E-state index >= 15 is 0 Å². The molecule has 1 aliphatic heterocycles. The number of hydrogen-bond acceptors (Lipinski definition) is 5. The van der Waals surface area contributed by atoms with Crippen LogP contribution >= 0.6 is 11.6 Å². The Morgan fingerprint density at radius 2 is 2.04 bits per heavy atom. The van der Waals surface area contributed by atoms with Crippen molar-refractivity contribution in [3.63, 3.8) is 0 Å². The molecule has 1 heterocycles. The van der Waals surface area contributed by atoms with Crippen LogP contribution in [0.15, 0.2) is 36.4 Å². The molecule has 0 bridgehead atoms. The van der Waals surface area contributed by atoms with Crippen molar-refractivity contribution in [1.82, 2.24) is 16.1 Å². The molecular weight excluding hydrogens is 370 g/mol. The van der Waals surface area contributed by atoms with E-state index in [0.29, 0.717) is 16.3 Å². The maximum Gasteiger partial charge on any atom is 0.355 e. The molecule has 2 aromatic rings. The number of carbonyl (C=O) groups is 1. The molecule has 0 aliphatic carbocycles. The average Bonchev–Trinajstić information content (AvgIpc) is 2.93. The normalized spacial score (nSPS) is 14.4. The zero-order valence-corrected chi connectivity index (χ0v) is 14.3. The first kappa shape index (κ1) is 18.2. The van der Waals surface area contributed by atoms with Crippen LogP contribution in [0.4, 0.5) is 19.3 Å². The first-order chi connectivity index (χ1) is 12.4. The minimum Gasteiger partial charge on any atom is -0.508 e. The number of alkyl halides is 2. The molecule has 1 saturated heterocycles. The van der Waals surface area contributed by atoms with E-state index in [1.165, 1.54) is 29.2 Å². The van der Waals surface area contributed by atoms with Crippen LogP contribution in [0.25, 0.3) is 0 Å². The van der Waals surface area contributed by atoms with Crippen LogP contribution in [0.2, 0.25) is 5.02 Å². The molecule has 0 unspecified atom stereocenters. The SMILES string of the molecule is CN1NNN(c2cccc(Cl)c2COc2ccc(O)cc2C(F)F)C1=O. The van der Waals surface area contributed by atoms with E-state index < -0.39 is 12.0 Å². The van der Waals surface area contributed by atoms with Gasteiger partial charge >= 0.3 is 6.03 Å². The number of phenolic OH excluding ortho intramolecular Hbond substituents is 1. The van der Waals surface area contributed by atoms with Gasteiger partial charge in [-0.2, -0.15) is 0 Å². The van der Waals surface area contributed by atoms with E-state index in [1.54, 1.807) is 18.2 Å². The van der Waals surface area contributed by atoms with Gasteiger partial charge in [-0.25, -0.2) is 23.6 Å². The molecule has 2 amide bonds. The molecule has 0 saturated carbocycles. The third-order valence-corrected chi connectivity index (χ3v) is 4.10. The Morgan fingerprint density at radius 1 is 1.27 bits per heavy atom. The molecule has 1 fully saturated rings. The van der Waals surface area contributed by atoms with Gasteiger partial charge in [-0.05, 0) is 30.3 Å². The fourth-order valence-electron chi connectivity index (χ4n) is 2.42. The van der Waals surface area contributed by atoms with E-state index in [9.17, 15) is 18.7 Å². The molecule has 3 rings (SSSR count). The van der Waals surface area contributed by atoms with Gasteiger partial charge in [0.25, 0.3) is 6.43 Å². The van der Waals surface area contributed by atoms with Crippen molar-refractivity contribution in [2.45, 2.75) is 13.0 Å². The molecule has 7 nitrogen and oxygen atoms in total. The summed E-state index contributed by atoms with van der Waals surface area (Å²) in [5, 5.41) is 12.1. The lowest BCUT2D eigenvalue weighted by molar-refractivity contribution is 0.144. The molecule has 0 atom stereocenters. The lowest BCUT2D eigenvalue weighted by atomic mass is 10.1. The van der Waals surface area contributed by atoms with E-state index in [-0.39, 0.29) is 24.1 Å². The van der Waals surface area contributed by atoms with Gasteiger partial charge in [-0.1, -0.05) is 17.7 Å². The molecule has 0 aromatic heterocycles. The van der Waals surface area contributed by atoms with Crippen LogP contribution in [-0.4, -0.2) is 23.2 Å². The topological polar surface area (TPSA) is 77.1 Å². The highest BCUT2D eigenvalue weighted by Crippen LogP contribution is 2.34. The van der Waals surface area contributed by atoms with E-state index in [1.807, 2.05) is 0 Å². The quantitative estimate of drug-likeness (QED) is 0.737. The highest BCUT2D eigenvalue weighted by Gasteiger charge is 2.29. The molecule has 2 aromatic carbocycles. The largest absolute Gasteiger partial charge is 0.508 e. The third kappa shape index (κ3) is 3.50. The van der Waals surface area contributed by atoms with Crippen molar-refractivity contribution in [3.8, 4) is 11.5 Å². The summed E-state index contributed by atoms with van der Waals surface area (Å²) < 4.78 is 31.8. The number of anilines is 1. The van der Waals surface area contributed by atoms with Gasteiger partial charge in [0.1, 0.15) is 18.1 Å². The van der Waals surface area contributed by atoms with Gasteiger partial charge < -0.3 is 9.84 Å². The number of rotatable bonds is 5. The Hall–Kier alpha value is -2.62. The molecule has 138 valence electrons. The lowest BCUT2D eigenvalue weighted by Gasteiger charge is -2.20. The van der Waals surface area contributed by atoms with Crippen LogP contribution in [0.1, 0.15) is 17.6 Å². The van der Waals surface area contributed by atoms with Crippen molar-refractivity contribution < 1.29 is 23.4 Å². The van der Waals surface area contributed by atoms with Gasteiger partial charge in [-0.3, -0.25) is 0 Å². The number of halogens is 3.